The minimum absolute atomic E-state index is 0.213. The number of hydrogen-bond acceptors (Lipinski definition) is 3. The minimum atomic E-state index is -0.296. The number of nitrogens with zero attached hydrogens (tertiary/aromatic N) is 1. The van der Waals surface area contributed by atoms with Gasteiger partial charge < -0.3 is 14.6 Å². The van der Waals surface area contributed by atoms with E-state index in [1.165, 1.54) is 24.6 Å². The molecule has 5 heteroatoms. The average Bonchev–Trinajstić information content (AvgIpc) is 3.03. The van der Waals surface area contributed by atoms with Crippen LogP contribution in [-0.4, -0.2) is 24.4 Å². The summed E-state index contributed by atoms with van der Waals surface area (Å²) in [6.07, 6.45) is 0. The van der Waals surface area contributed by atoms with Crippen molar-refractivity contribution < 1.29 is 14.0 Å². The highest BCUT2D eigenvalue weighted by atomic mass is 19.1. The van der Waals surface area contributed by atoms with E-state index in [9.17, 15) is 4.39 Å². The first-order valence-electron chi connectivity index (χ1n) is 8.24. The van der Waals surface area contributed by atoms with Crippen molar-refractivity contribution >= 4 is 27.5 Å². The molecule has 0 aliphatic carbocycles. The van der Waals surface area contributed by atoms with E-state index in [2.05, 4.69) is 16.2 Å². The number of benzene rings is 3. The molecule has 0 atom stereocenters. The number of hydrogen-bond donors (Lipinski definition) is 1. The molecule has 0 bridgehead atoms. The molecule has 0 aliphatic heterocycles. The van der Waals surface area contributed by atoms with Crippen LogP contribution in [0.3, 0.4) is 0 Å². The Balaban J connectivity index is 1.58. The third-order valence-electron chi connectivity index (χ3n) is 4.23. The SMILES string of the molecule is CO/N=C(/COc1ccc2c(c1)[nH]c1ccccc12)c1ccc(F)cc1. The zero-order valence-electron chi connectivity index (χ0n) is 14.2. The molecule has 0 amide bonds. The van der Waals surface area contributed by atoms with Gasteiger partial charge in [-0.05, 0) is 42.5 Å². The molecule has 0 unspecified atom stereocenters. The highest BCUT2D eigenvalue weighted by Crippen LogP contribution is 2.28. The fourth-order valence-electron chi connectivity index (χ4n) is 2.99. The molecular weight excluding hydrogens is 331 g/mol. The van der Waals surface area contributed by atoms with Gasteiger partial charge in [0, 0.05) is 27.9 Å². The third-order valence-corrected chi connectivity index (χ3v) is 4.23. The number of aromatic nitrogens is 1. The van der Waals surface area contributed by atoms with Crippen molar-refractivity contribution in [1.82, 2.24) is 4.98 Å². The van der Waals surface area contributed by atoms with Crippen LogP contribution in [0.1, 0.15) is 5.56 Å². The van der Waals surface area contributed by atoms with Gasteiger partial charge in [0.25, 0.3) is 0 Å². The second kappa shape index (κ2) is 6.88. The lowest BCUT2D eigenvalue weighted by atomic mass is 10.1. The Morgan fingerprint density at radius 3 is 2.54 bits per heavy atom. The lowest BCUT2D eigenvalue weighted by Crippen LogP contribution is -2.13. The first-order valence-corrected chi connectivity index (χ1v) is 8.24. The monoisotopic (exact) mass is 348 g/mol. The van der Waals surface area contributed by atoms with Crippen molar-refractivity contribution in [3.63, 3.8) is 0 Å². The predicted octanol–water partition coefficient (Wildman–Crippen LogP) is 4.89. The maximum Gasteiger partial charge on any atom is 0.134 e. The summed E-state index contributed by atoms with van der Waals surface area (Å²) < 4.78 is 19.0. The van der Waals surface area contributed by atoms with Crippen molar-refractivity contribution in [2.75, 3.05) is 13.7 Å². The van der Waals surface area contributed by atoms with E-state index < -0.39 is 0 Å². The van der Waals surface area contributed by atoms with E-state index in [1.54, 1.807) is 12.1 Å². The Morgan fingerprint density at radius 2 is 1.73 bits per heavy atom. The first kappa shape index (κ1) is 16.1. The maximum atomic E-state index is 13.1. The molecule has 0 spiro atoms. The molecule has 0 radical (unpaired) electrons. The number of fused-ring (bicyclic) bond motifs is 3. The maximum absolute atomic E-state index is 13.1. The fourth-order valence-corrected chi connectivity index (χ4v) is 2.99. The number of ether oxygens (including phenoxy) is 1. The Kier molecular flexibility index (Phi) is 4.27. The molecule has 130 valence electrons. The molecule has 26 heavy (non-hydrogen) atoms. The van der Waals surface area contributed by atoms with Gasteiger partial charge in [0.1, 0.15) is 31.0 Å². The van der Waals surface area contributed by atoms with E-state index in [0.717, 1.165) is 27.7 Å². The predicted molar refractivity (Wildman–Crippen MR) is 101 cm³/mol. The lowest BCUT2D eigenvalue weighted by molar-refractivity contribution is 0.210. The Bertz CT molecular complexity index is 1080. The van der Waals surface area contributed by atoms with Gasteiger partial charge in [0.15, 0.2) is 0 Å². The normalized spacial score (nSPS) is 11.8. The van der Waals surface area contributed by atoms with E-state index in [-0.39, 0.29) is 12.4 Å². The van der Waals surface area contributed by atoms with Crippen LogP contribution in [0.5, 0.6) is 5.75 Å². The molecule has 0 aliphatic rings. The summed E-state index contributed by atoms with van der Waals surface area (Å²) in [7, 11) is 1.47. The van der Waals surface area contributed by atoms with Gasteiger partial charge in [-0.25, -0.2) is 4.39 Å². The van der Waals surface area contributed by atoms with Gasteiger partial charge in [0.05, 0.1) is 5.52 Å². The van der Waals surface area contributed by atoms with Gasteiger partial charge in [0.2, 0.25) is 0 Å². The number of rotatable bonds is 5. The van der Waals surface area contributed by atoms with Gasteiger partial charge in [-0.15, -0.1) is 0 Å². The molecule has 1 heterocycles. The van der Waals surface area contributed by atoms with Crippen molar-refractivity contribution in [3.8, 4) is 5.75 Å². The number of halogens is 1. The van der Waals surface area contributed by atoms with Crippen molar-refractivity contribution in [1.29, 1.82) is 0 Å². The van der Waals surface area contributed by atoms with E-state index >= 15 is 0 Å². The molecule has 1 aromatic heterocycles. The summed E-state index contributed by atoms with van der Waals surface area (Å²) in [5.74, 6) is 0.422. The standard InChI is InChI=1S/C21H17FN2O2/c1-25-24-21(14-6-8-15(22)9-7-14)13-26-16-10-11-18-17-4-2-3-5-19(17)23-20(18)12-16/h2-12,23H,13H2,1H3/b24-21-. The summed E-state index contributed by atoms with van der Waals surface area (Å²) >= 11 is 0. The largest absolute Gasteiger partial charge is 0.487 e. The highest BCUT2D eigenvalue weighted by Gasteiger charge is 2.09. The number of aromatic amines is 1. The van der Waals surface area contributed by atoms with Crippen LogP contribution in [0.15, 0.2) is 71.9 Å². The van der Waals surface area contributed by atoms with Crippen LogP contribution in [0.2, 0.25) is 0 Å². The van der Waals surface area contributed by atoms with E-state index in [1.807, 2.05) is 36.4 Å². The molecule has 3 aromatic carbocycles. The van der Waals surface area contributed by atoms with Gasteiger partial charge in [-0.1, -0.05) is 23.4 Å². The van der Waals surface area contributed by atoms with E-state index in [4.69, 9.17) is 9.57 Å². The number of nitrogens with one attached hydrogen (secondary N) is 1. The van der Waals surface area contributed by atoms with Crippen LogP contribution in [-0.2, 0) is 4.84 Å². The Morgan fingerprint density at radius 1 is 0.962 bits per heavy atom. The van der Waals surface area contributed by atoms with Crippen LogP contribution < -0.4 is 4.74 Å². The number of H-pyrrole nitrogens is 1. The average molecular weight is 348 g/mol. The smallest absolute Gasteiger partial charge is 0.134 e. The lowest BCUT2D eigenvalue weighted by Gasteiger charge is -2.09. The molecule has 4 aromatic rings. The van der Waals surface area contributed by atoms with E-state index in [0.29, 0.717) is 5.71 Å². The minimum Gasteiger partial charge on any atom is -0.487 e. The second-order valence-electron chi connectivity index (χ2n) is 5.89. The molecule has 0 fully saturated rings. The van der Waals surface area contributed by atoms with Crippen LogP contribution in [0, 0.1) is 5.82 Å². The number of oxime groups is 1. The van der Waals surface area contributed by atoms with Gasteiger partial charge in [-0.2, -0.15) is 0 Å². The number of para-hydroxylation sites is 1. The highest BCUT2D eigenvalue weighted by molar-refractivity contribution is 6.07. The molecule has 1 N–H and O–H groups in total. The van der Waals surface area contributed by atoms with Crippen LogP contribution in [0.25, 0.3) is 21.8 Å². The topological polar surface area (TPSA) is 46.6 Å². The van der Waals surface area contributed by atoms with Crippen molar-refractivity contribution in [2.45, 2.75) is 0 Å². The summed E-state index contributed by atoms with van der Waals surface area (Å²) in [5.41, 5.74) is 3.44. The summed E-state index contributed by atoms with van der Waals surface area (Å²) in [6, 6.07) is 20.2. The van der Waals surface area contributed by atoms with Crippen LogP contribution in [0.4, 0.5) is 4.39 Å². The third kappa shape index (κ3) is 3.11. The quantitative estimate of drug-likeness (QED) is 0.412. The Labute approximate surface area is 149 Å². The zero-order chi connectivity index (χ0) is 17.9. The summed E-state index contributed by atoms with van der Waals surface area (Å²) in [6.45, 7) is 0.213. The fraction of sp³-hybridized carbons (Fsp3) is 0.0952. The summed E-state index contributed by atoms with van der Waals surface area (Å²) in [4.78, 5) is 8.29. The molecule has 0 saturated heterocycles. The Hall–Kier alpha value is -3.34. The van der Waals surface area contributed by atoms with Gasteiger partial charge >= 0.3 is 0 Å². The summed E-state index contributed by atoms with van der Waals surface area (Å²) in [5, 5.41) is 6.33. The second-order valence-corrected chi connectivity index (χ2v) is 5.89. The molecule has 0 saturated carbocycles. The first-order chi connectivity index (χ1) is 12.7. The zero-order valence-corrected chi connectivity index (χ0v) is 14.2. The van der Waals surface area contributed by atoms with Gasteiger partial charge in [-0.3, -0.25) is 0 Å². The molecule has 4 nitrogen and oxygen atoms in total. The van der Waals surface area contributed by atoms with Crippen molar-refractivity contribution in [2.24, 2.45) is 5.16 Å². The molecule has 4 rings (SSSR count). The van der Waals surface area contributed by atoms with Crippen LogP contribution >= 0.6 is 0 Å². The van der Waals surface area contributed by atoms with Crippen molar-refractivity contribution in [3.05, 3.63) is 78.1 Å². The molecular formula is C21H17FN2O2.